The molecule has 0 aromatic heterocycles. The highest BCUT2D eigenvalue weighted by Crippen LogP contribution is 2.47. The van der Waals surface area contributed by atoms with E-state index in [9.17, 15) is 21.0 Å². The lowest BCUT2D eigenvalue weighted by Crippen LogP contribution is -2.21. The van der Waals surface area contributed by atoms with Crippen LogP contribution in [0.15, 0.2) is 18.2 Å². The van der Waals surface area contributed by atoms with Gasteiger partial charge < -0.3 is 14.7 Å². The first kappa shape index (κ1) is 21.3. The summed E-state index contributed by atoms with van der Waals surface area (Å²) >= 11 is 0. The molecule has 0 N–H and O–H groups in total. The van der Waals surface area contributed by atoms with E-state index in [4.69, 9.17) is 0 Å². The molecule has 0 spiro atoms. The van der Waals surface area contributed by atoms with E-state index in [1.807, 2.05) is 81.3 Å². The Morgan fingerprint density at radius 1 is 0.581 bits per heavy atom. The molecule has 3 aromatic carbocycles. The number of fused-ring (bicyclic) bond motifs is 3. The number of nitriles is 4. The minimum atomic E-state index is -0.0608. The Labute approximate surface area is 181 Å². The van der Waals surface area contributed by atoms with Crippen molar-refractivity contribution in [3.63, 3.8) is 0 Å². The largest absolute Gasteiger partial charge is 0.376 e. The van der Waals surface area contributed by atoms with Gasteiger partial charge in [-0.25, -0.2) is 0 Å². The summed E-state index contributed by atoms with van der Waals surface area (Å²) in [5.74, 6) is 0. The summed E-state index contributed by atoms with van der Waals surface area (Å²) in [5.41, 5.74) is 2.92. The van der Waals surface area contributed by atoms with Gasteiger partial charge in [0, 0.05) is 58.4 Å². The maximum Gasteiger partial charge on any atom is 0.102 e. The van der Waals surface area contributed by atoms with Crippen LogP contribution in [0.1, 0.15) is 22.3 Å². The SMILES string of the molecule is CN(C)c1cc2ccc3c(C#N)c(C#N)c(C#N)c(C#N)c3c2c(N(C)C)c1N(C)C. The molecule has 3 aromatic rings. The molecule has 31 heavy (non-hydrogen) atoms. The van der Waals surface area contributed by atoms with Crippen molar-refractivity contribution < 1.29 is 0 Å². The third kappa shape index (κ3) is 3.01. The quantitative estimate of drug-likeness (QED) is 0.610. The first-order valence-corrected chi connectivity index (χ1v) is 9.49. The maximum absolute atomic E-state index is 10.0. The van der Waals surface area contributed by atoms with Crippen molar-refractivity contribution in [3.05, 3.63) is 40.5 Å². The molecule has 0 unspecified atom stereocenters. The minimum absolute atomic E-state index is 0.0578. The zero-order valence-corrected chi connectivity index (χ0v) is 18.4. The van der Waals surface area contributed by atoms with Crippen molar-refractivity contribution in [3.8, 4) is 24.3 Å². The van der Waals surface area contributed by atoms with Crippen LogP contribution in [0.25, 0.3) is 21.5 Å². The van der Waals surface area contributed by atoms with Crippen molar-refractivity contribution >= 4 is 38.6 Å². The van der Waals surface area contributed by atoms with E-state index in [2.05, 4.69) is 12.1 Å². The number of hydrogen-bond acceptors (Lipinski definition) is 7. The summed E-state index contributed by atoms with van der Waals surface area (Å²) in [4.78, 5) is 6.01. The fourth-order valence-electron chi connectivity index (χ4n) is 4.10. The van der Waals surface area contributed by atoms with Crippen LogP contribution in [0, 0.1) is 45.3 Å². The second kappa shape index (κ2) is 7.75. The van der Waals surface area contributed by atoms with Gasteiger partial charge in [-0.2, -0.15) is 21.0 Å². The Morgan fingerprint density at radius 3 is 1.55 bits per heavy atom. The topological polar surface area (TPSA) is 105 Å². The summed E-state index contributed by atoms with van der Waals surface area (Å²) in [6, 6.07) is 13.8. The van der Waals surface area contributed by atoms with Gasteiger partial charge in [0.05, 0.1) is 39.3 Å². The Balaban J connectivity index is 2.83. The number of benzene rings is 3. The van der Waals surface area contributed by atoms with Gasteiger partial charge in [0.1, 0.15) is 24.3 Å². The van der Waals surface area contributed by atoms with Gasteiger partial charge in [-0.3, -0.25) is 0 Å². The first-order valence-electron chi connectivity index (χ1n) is 9.49. The van der Waals surface area contributed by atoms with Gasteiger partial charge >= 0.3 is 0 Å². The number of anilines is 3. The Bertz CT molecular complexity index is 1400. The predicted molar refractivity (Wildman–Crippen MR) is 123 cm³/mol. The van der Waals surface area contributed by atoms with Crippen LogP contribution in [-0.4, -0.2) is 42.3 Å². The van der Waals surface area contributed by atoms with E-state index in [-0.39, 0.29) is 22.3 Å². The van der Waals surface area contributed by atoms with Gasteiger partial charge in [0.25, 0.3) is 0 Å². The van der Waals surface area contributed by atoms with Crippen LogP contribution in [0.3, 0.4) is 0 Å². The lowest BCUT2D eigenvalue weighted by atomic mass is 9.87. The molecule has 7 nitrogen and oxygen atoms in total. The Hall–Kier alpha value is -4.46. The molecule has 0 bridgehead atoms. The van der Waals surface area contributed by atoms with E-state index < -0.39 is 0 Å². The van der Waals surface area contributed by atoms with E-state index in [0.717, 1.165) is 27.8 Å². The highest BCUT2D eigenvalue weighted by Gasteiger charge is 2.25. The smallest absolute Gasteiger partial charge is 0.102 e. The number of hydrogen-bond donors (Lipinski definition) is 0. The van der Waals surface area contributed by atoms with Crippen LogP contribution in [0.4, 0.5) is 17.1 Å². The van der Waals surface area contributed by atoms with E-state index in [1.54, 1.807) is 6.07 Å². The number of nitrogens with zero attached hydrogens (tertiary/aromatic N) is 7. The van der Waals surface area contributed by atoms with Crippen molar-refractivity contribution in [2.24, 2.45) is 0 Å². The second-order valence-electron chi connectivity index (χ2n) is 7.81. The molecule has 152 valence electrons. The molecule has 0 atom stereocenters. The van der Waals surface area contributed by atoms with E-state index in [1.165, 1.54) is 0 Å². The molecular formula is C24H21N7. The lowest BCUT2D eigenvalue weighted by Gasteiger charge is -2.30. The highest BCUT2D eigenvalue weighted by molar-refractivity contribution is 6.21. The molecule has 0 aliphatic heterocycles. The monoisotopic (exact) mass is 407 g/mol. The molecular weight excluding hydrogens is 386 g/mol. The van der Waals surface area contributed by atoms with Gasteiger partial charge in [0.2, 0.25) is 0 Å². The predicted octanol–water partition coefficient (Wildman–Crippen LogP) is 3.68. The van der Waals surface area contributed by atoms with Gasteiger partial charge in [-0.15, -0.1) is 0 Å². The summed E-state index contributed by atoms with van der Waals surface area (Å²) < 4.78 is 0. The van der Waals surface area contributed by atoms with Gasteiger partial charge in [0.15, 0.2) is 0 Å². The molecule has 0 aliphatic rings. The summed E-state index contributed by atoms with van der Waals surface area (Å²) in [6.45, 7) is 0. The zero-order chi connectivity index (χ0) is 23.0. The highest BCUT2D eigenvalue weighted by atomic mass is 15.2. The average molecular weight is 407 g/mol. The van der Waals surface area contributed by atoms with Crippen molar-refractivity contribution in [1.82, 2.24) is 0 Å². The standard InChI is InChI=1S/C24H21N7/c1-29(2)20-9-14-7-8-15-16(10-25)17(11-26)18(12-27)19(13-28)22(15)21(14)24(31(5)6)23(20)30(3)4/h7-9H,1-6H3. The van der Waals surface area contributed by atoms with Crippen LogP contribution in [0.2, 0.25) is 0 Å². The molecule has 0 saturated heterocycles. The fourth-order valence-corrected chi connectivity index (χ4v) is 4.10. The number of rotatable bonds is 3. The zero-order valence-electron chi connectivity index (χ0n) is 18.4. The minimum Gasteiger partial charge on any atom is -0.376 e. The van der Waals surface area contributed by atoms with Crippen LogP contribution < -0.4 is 14.7 Å². The second-order valence-corrected chi connectivity index (χ2v) is 7.81. The van der Waals surface area contributed by atoms with Gasteiger partial charge in [-0.1, -0.05) is 12.1 Å². The summed E-state index contributed by atoms with van der Waals surface area (Å²) in [7, 11) is 11.7. The normalized spacial score (nSPS) is 10.1. The van der Waals surface area contributed by atoms with Gasteiger partial charge in [-0.05, 0) is 11.5 Å². The Kier molecular flexibility index (Phi) is 5.32. The summed E-state index contributed by atoms with van der Waals surface area (Å²) in [5, 5.41) is 41.9. The van der Waals surface area contributed by atoms with Crippen molar-refractivity contribution in [2.75, 3.05) is 57.0 Å². The van der Waals surface area contributed by atoms with E-state index in [0.29, 0.717) is 10.8 Å². The third-order valence-electron chi connectivity index (χ3n) is 5.33. The molecule has 0 fully saturated rings. The van der Waals surface area contributed by atoms with Crippen LogP contribution in [0.5, 0.6) is 0 Å². The molecule has 0 saturated carbocycles. The fraction of sp³-hybridized carbons (Fsp3) is 0.250. The maximum atomic E-state index is 10.0. The van der Waals surface area contributed by atoms with Crippen LogP contribution >= 0.6 is 0 Å². The van der Waals surface area contributed by atoms with Crippen molar-refractivity contribution in [2.45, 2.75) is 0 Å². The van der Waals surface area contributed by atoms with E-state index >= 15 is 0 Å². The average Bonchev–Trinajstić information content (AvgIpc) is 2.74. The Morgan fingerprint density at radius 2 is 1.10 bits per heavy atom. The van der Waals surface area contributed by atoms with Crippen molar-refractivity contribution in [1.29, 1.82) is 21.0 Å². The third-order valence-corrected chi connectivity index (χ3v) is 5.33. The molecule has 0 heterocycles. The molecule has 0 aliphatic carbocycles. The first-order chi connectivity index (χ1) is 14.7. The molecule has 0 amide bonds. The van der Waals surface area contributed by atoms with Crippen LogP contribution in [-0.2, 0) is 0 Å². The lowest BCUT2D eigenvalue weighted by molar-refractivity contribution is 1.05. The summed E-state index contributed by atoms with van der Waals surface area (Å²) in [6.07, 6.45) is 0. The molecule has 7 heteroatoms. The molecule has 3 rings (SSSR count). The molecule has 0 radical (unpaired) electrons.